The van der Waals surface area contributed by atoms with Gasteiger partial charge in [0.1, 0.15) is 67.6 Å². The minimum absolute atomic E-state index is 0. The van der Waals surface area contributed by atoms with E-state index in [1.807, 2.05) is 71.9 Å². The third-order valence-corrected chi connectivity index (χ3v) is 20.9. The zero-order chi connectivity index (χ0) is 55.9. The Bertz CT molecular complexity index is 2130. The average molecular weight is 1140 g/mol. The molecule has 82 heavy (non-hydrogen) atoms. The molecule has 0 radical (unpaired) electrons. The van der Waals surface area contributed by atoms with Crippen LogP contribution in [0.25, 0.3) is 0 Å². The molecule has 0 spiro atoms. The maximum Gasteiger partial charge on any atom is 0.122 e. The van der Waals surface area contributed by atoms with Gasteiger partial charge in [0, 0.05) is 13.2 Å². The quantitative estimate of drug-likeness (QED) is 0.121. The van der Waals surface area contributed by atoms with Crippen LogP contribution in [-0.2, 0) is 33.2 Å². The standard InChI is InChI=1S/2C19H24O2.C10H16.C9H10O2.2C5H10O2.2C2H6.CH4/c2*1-2-7-19(21-11-13-10-20-13)16(4-1)18-9-12-8-17(18)15-6-3-5-14(12)15;1-2-9-7-4-5-8(6-7)10(9)3-1;1-2-4-8(5-3-1)10-6-9-7-11-9;2*1-2-6-3-5-4-7-5;2*1-2;/h2*1-2,4,7,12-15,17-18H,3,5-6,8-11H2;7-10H,1-6H2;1-5,9H,6-7H2;2*5H,2-4H2,1H3;2*1-2H3;1H4. The Kier molecular flexibility index (Phi) is 24.7. The summed E-state index contributed by atoms with van der Waals surface area (Å²) in [6.07, 6.45) is 26.2. The van der Waals surface area contributed by atoms with Crippen LogP contribution in [0.15, 0.2) is 78.9 Å². The smallest absolute Gasteiger partial charge is 0.122 e. The second kappa shape index (κ2) is 32.0. The molecule has 0 amide bonds. The van der Waals surface area contributed by atoms with Crippen molar-refractivity contribution in [3.05, 3.63) is 90.0 Å². The van der Waals surface area contributed by atoms with Crippen LogP contribution in [0.4, 0.5) is 0 Å². The Balaban J connectivity index is 0.000000123. The summed E-state index contributed by atoms with van der Waals surface area (Å²) < 4.78 is 52.9. The highest BCUT2D eigenvalue weighted by atomic mass is 16.6. The molecule has 19 unspecified atom stereocenters. The number of epoxide rings is 5. The van der Waals surface area contributed by atoms with E-state index in [2.05, 4.69) is 48.5 Å². The average Bonchev–Trinajstić information content (AvgIpc) is 3.80. The summed E-state index contributed by atoms with van der Waals surface area (Å²) in [6.45, 7) is 21.7. The van der Waals surface area contributed by atoms with Crippen molar-refractivity contribution in [2.24, 2.45) is 71.0 Å². The first-order chi connectivity index (χ1) is 40.1. The zero-order valence-corrected chi connectivity index (χ0v) is 50.9. The molecule has 5 heterocycles. The van der Waals surface area contributed by atoms with E-state index in [4.69, 9.17) is 47.4 Å². The fourth-order valence-electron chi connectivity index (χ4n) is 17.1. The largest absolute Gasteiger partial charge is 0.491 e. The van der Waals surface area contributed by atoms with Gasteiger partial charge in [-0.05, 0) is 216 Å². The molecule has 5 saturated heterocycles. The fourth-order valence-corrected chi connectivity index (χ4v) is 17.1. The van der Waals surface area contributed by atoms with Gasteiger partial charge in [0.25, 0.3) is 0 Å². The predicted molar refractivity (Wildman–Crippen MR) is 328 cm³/mol. The first kappa shape index (κ1) is 63.3. The number of benzene rings is 3. The van der Waals surface area contributed by atoms with Crippen molar-refractivity contribution < 1.29 is 47.4 Å². The predicted octanol–water partition coefficient (Wildman–Crippen LogP) is 15.8. The highest BCUT2D eigenvalue weighted by Gasteiger charge is 2.56. The van der Waals surface area contributed by atoms with Gasteiger partial charge >= 0.3 is 0 Å². The van der Waals surface area contributed by atoms with Crippen molar-refractivity contribution in [3.8, 4) is 17.2 Å². The van der Waals surface area contributed by atoms with Gasteiger partial charge in [-0.1, -0.05) is 109 Å². The van der Waals surface area contributed by atoms with Crippen molar-refractivity contribution in [1.29, 1.82) is 0 Å². The summed E-state index contributed by atoms with van der Waals surface area (Å²) >= 11 is 0. The summed E-state index contributed by atoms with van der Waals surface area (Å²) in [6, 6.07) is 27.3. The highest BCUT2D eigenvalue weighted by molar-refractivity contribution is 5.40. The van der Waals surface area contributed by atoms with Crippen LogP contribution < -0.4 is 14.2 Å². The molecule has 9 aliphatic carbocycles. The van der Waals surface area contributed by atoms with Crippen LogP contribution in [-0.4, -0.2) is 110 Å². The van der Waals surface area contributed by atoms with Crippen LogP contribution in [0.2, 0.25) is 0 Å². The Morgan fingerprint density at radius 3 is 1.09 bits per heavy atom. The third-order valence-electron chi connectivity index (χ3n) is 20.9. The number of rotatable bonds is 17. The van der Waals surface area contributed by atoms with Crippen LogP contribution in [0.5, 0.6) is 17.2 Å². The lowest BCUT2D eigenvalue weighted by Crippen LogP contribution is -2.23. The molecule has 6 bridgehead atoms. The Hall–Kier alpha value is -3.22. The summed E-state index contributed by atoms with van der Waals surface area (Å²) in [5.41, 5.74) is 2.96. The molecule has 14 aliphatic rings. The van der Waals surface area contributed by atoms with Gasteiger partial charge in [0.15, 0.2) is 0 Å². The van der Waals surface area contributed by atoms with Crippen LogP contribution in [0.1, 0.15) is 175 Å². The summed E-state index contributed by atoms with van der Waals surface area (Å²) in [7, 11) is 0. The second-order valence-corrected chi connectivity index (χ2v) is 25.5. The molecule has 5 aliphatic heterocycles. The Morgan fingerprint density at radius 1 is 0.354 bits per heavy atom. The van der Waals surface area contributed by atoms with E-state index in [0.29, 0.717) is 37.1 Å². The van der Waals surface area contributed by atoms with Crippen molar-refractivity contribution in [2.75, 3.05) is 79.3 Å². The van der Waals surface area contributed by atoms with Gasteiger partial charge in [0.05, 0.1) is 46.2 Å². The van der Waals surface area contributed by atoms with E-state index in [0.717, 1.165) is 149 Å². The van der Waals surface area contributed by atoms with Gasteiger partial charge in [-0.25, -0.2) is 0 Å². The minimum atomic E-state index is 0. The van der Waals surface area contributed by atoms with E-state index in [9.17, 15) is 0 Å². The van der Waals surface area contributed by atoms with E-state index >= 15 is 0 Å². The number of hydrogen-bond acceptors (Lipinski definition) is 10. The maximum atomic E-state index is 6.07. The van der Waals surface area contributed by atoms with Crippen LogP contribution in [0, 0.1) is 71.0 Å². The molecule has 10 heteroatoms. The molecule has 9 saturated carbocycles. The Labute approximate surface area is 496 Å². The van der Waals surface area contributed by atoms with E-state index < -0.39 is 0 Å². The van der Waals surface area contributed by atoms with Crippen molar-refractivity contribution in [2.45, 2.75) is 194 Å². The van der Waals surface area contributed by atoms with Crippen LogP contribution in [0.3, 0.4) is 0 Å². The molecule has 14 fully saturated rings. The molecule has 3 aromatic rings. The minimum Gasteiger partial charge on any atom is -0.491 e. The lowest BCUT2D eigenvalue weighted by molar-refractivity contribution is 0.128. The van der Waals surface area contributed by atoms with Crippen LogP contribution >= 0.6 is 0 Å². The molecule has 19 atom stereocenters. The first-order valence-electron chi connectivity index (χ1n) is 33.4. The monoisotopic (exact) mass is 1130 g/mol. The van der Waals surface area contributed by atoms with E-state index in [-0.39, 0.29) is 7.43 Å². The van der Waals surface area contributed by atoms with Gasteiger partial charge in [0.2, 0.25) is 0 Å². The summed E-state index contributed by atoms with van der Waals surface area (Å²) in [4.78, 5) is 0. The molecule has 0 aromatic heterocycles. The molecular formula is C72H110O10. The van der Waals surface area contributed by atoms with Gasteiger partial charge < -0.3 is 47.4 Å². The number of hydrogen-bond donors (Lipinski definition) is 0. The SMILES string of the molecule is C.C1CC2C3CCC(C3)C2C1.CC.CC.CCOCC1CO1.CCOCC1CO1.c1ccc(C2CC3CC2C2CCCC32)c(OCC2CO2)c1.c1ccc(C2CC3CC2C2CCCC32)c(OCC2CO2)c1.c1ccc(OCC2CO2)cc1. The van der Waals surface area contributed by atoms with Gasteiger partial charge in [-0.15, -0.1) is 0 Å². The maximum absolute atomic E-state index is 6.07. The summed E-state index contributed by atoms with van der Waals surface area (Å²) in [5.74, 6) is 17.5. The lowest BCUT2D eigenvalue weighted by Gasteiger charge is -2.32. The van der Waals surface area contributed by atoms with Crippen molar-refractivity contribution >= 4 is 0 Å². The molecule has 17 rings (SSSR count). The molecular weight excluding hydrogens is 1020 g/mol. The van der Waals surface area contributed by atoms with Crippen molar-refractivity contribution in [3.63, 3.8) is 0 Å². The third kappa shape index (κ3) is 17.3. The topological polar surface area (TPSA) is 109 Å². The van der Waals surface area contributed by atoms with Gasteiger partial charge in [-0.2, -0.15) is 0 Å². The molecule has 10 nitrogen and oxygen atoms in total. The number of ether oxygens (including phenoxy) is 10. The highest BCUT2D eigenvalue weighted by Crippen LogP contribution is 2.66. The summed E-state index contributed by atoms with van der Waals surface area (Å²) in [5, 5.41) is 0. The lowest BCUT2D eigenvalue weighted by atomic mass is 9.73. The molecule has 458 valence electrons. The molecule has 0 N–H and O–H groups in total. The number of fused-ring (bicyclic) bond motifs is 15. The fraction of sp³-hybridized carbons (Fsp3) is 0.750. The normalized spacial score (nSPS) is 36.8. The van der Waals surface area contributed by atoms with Crippen molar-refractivity contribution in [1.82, 2.24) is 0 Å². The Morgan fingerprint density at radius 2 is 0.695 bits per heavy atom. The first-order valence-corrected chi connectivity index (χ1v) is 33.4. The second-order valence-electron chi connectivity index (χ2n) is 25.5. The molecule has 3 aromatic carbocycles. The van der Waals surface area contributed by atoms with Gasteiger partial charge in [-0.3, -0.25) is 0 Å². The zero-order valence-electron chi connectivity index (χ0n) is 50.9. The van der Waals surface area contributed by atoms with E-state index in [1.165, 1.54) is 99.0 Å². The van der Waals surface area contributed by atoms with E-state index in [1.54, 1.807) is 38.5 Å². The number of para-hydroxylation sites is 3.